The van der Waals surface area contributed by atoms with Crippen LogP contribution in [0.15, 0.2) is 72.8 Å². The van der Waals surface area contributed by atoms with E-state index in [1.165, 1.54) is 47.4 Å². The third-order valence-electron chi connectivity index (χ3n) is 5.85. The molecule has 0 radical (unpaired) electrons. The highest BCUT2D eigenvalue weighted by Gasteiger charge is 2.44. The van der Waals surface area contributed by atoms with Gasteiger partial charge in [0, 0.05) is 29.3 Å². The number of amides is 3. The van der Waals surface area contributed by atoms with Gasteiger partial charge < -0.3 is 4.90 Å². The average molecular weight is 503 g/mol. The number of nitro groups is 1. The first-order chi connectivity index (χ1) is 17.3. The Kier molecular flexibility index (Phi) is 7.08. The van der Waals surface area contributed by atoms with E-state index in [-0.39, 0.29) is 24.2 Å². The third-order valence-corrected chi connectivity index (χ3v) is 6.08. The lowest BCUT2D eigenvalue weighted by molar-refractivity contribution is -0.384. The highest BCUT2D eigenvalue weighted by Crippen LogP contribution is 2.28. The summed E-state index contributed by atoms with van der Waals surface area (Å²) in [6.45, 7) is 0.0762. The maximum absolute atomic E-state index is 13.5. The molecule has 3 aromatic carbocycles. The molecule has 10 heteroatoms. The SMILES string of the molecule is N#Cc1ccc(N2C(=O)CC(N(CCc3cccc(Cl)c3)C(=O)c3cccc([N+](=O)[O-])c3)C2=O)cc1. The van der Waals surface area contributed by atoms with Crippen molar-refractivity contribution < 1.29 is 19.3 Å². The van der Waals surface area contributed by atoms with E-state index in [4.69, 9.17) is 16.9 Å². The van der Waals surface area contributed by atoms with Crippen LogP contribution in [0.2, 0.25) is 5.02 Å². The van der Waals surface area contributed by atoms with E-state index in [1.54, 1.807) is 18.2 Å². The second-order valence-corrected chi connectivity index (χ2v) is 8.57. The highest BCUT2D eigenvalue weighted by molar-refractivity contribution is 6.30. The number of carbonyl (C=O) groups excluding carboxylic acids is 3. The van der Waals surface area contributed by atoms with Gasteiger partial charge in [0.05, 0.1) is 28.7 Å². The van der Waals surface area contributed by atoms with Crippen LogP contribution in [0.4, 0.5) is 11.4 Å². The second kappa shape index (κ2) is 10.4. The van der Waals surface area contributed by atoms with Crippen molar-refractivity contribution in [1.82, 2.24) is 4.90 Å². The molecule has 9 nitrogen and oxygen atoms in total. The first-order valence-corrected chi connectivity index (χ1v) is 11.3. The molecule has 4 rings (SSSR count). The van der Waals surface area contributed by atoms with Crippen LogP contribution in [0, 0.1) is 21.4 Å². The maximum atomic E-state index is 13.5. The Bertz CT molecular complexity index is 1400. The number of benzene rings is 3. The summed E-state index contributed by atoms with van der Waals surface area (Å²) in [6, 6.07) is 19.1. The topological polar surface area (TPSA) is 125 Å². The lowest BCUT2D eigenvalue weighted by Gasteiger charge is -2.28. The second-order valence-electron chi connectivity index (χ2n) is 8.13. The van der Waals surface area contributed by atoms with Gasteiger partial charge >= 0.3 is 0 Å². The van der Waals surface area contributed by atoms with Crippen LogP contribution < -0.4 is 4.90 Å². The molecule has 1 saturated heterocycles. The van der Waals surface area contributed by atoms with Gasteiger partial charge in [-0.2, -0.15) is 5.26 Å². The summed E-state index contributed by atoms with van der Waals surface area (Å²) < 4.78 is 0. The van der Waals surface area contributed by atoms with E-state index in [0.717, 1.165) is 16.5 Å². The van der Waals surface area contributed by atoms with Gasteiger partial charge in [-0.25, -0.2) is 4.90 Å². The van der Waals surface area contributed by atoms with Gasteiger partial charge in [0.15, 0.2) is 0 Å². The first-order valence-electron chi connectivity index (χ1n) is 11.0. The Balaban J connectivity index is 1.66. The number of rotatable bonds is 7. The number of imide groups is 1. The van der Waals surface area contributed by atoms with Crippen LogP contribution in [-0.2, 0) is 16.0 Å². The number of hydrogen-bond acceptors (Lipinski definition) is 6. The zero-order valence-corrected chi connectivity index (χ0v) is 19.6. The number of non-ortho nitro benzene ring substituents is 1. The molecule has 0 N–H and O–H groups in total. The molecule has 1 aliphatic rings. The van der Waals surface area contributed by atoms with Gasteiger partial charge in [-0.15, -0.1) is 0 Å². The number of nitro benzene ring substituents is 1. The Morgan fingerprint density at radius 3 is 2.50 bits per heavy atom. The van der Waals surface area contributed by atoms with Gasteiger partial charge in [-0.05, 0) is 54.4 Å². The Morgan fingerprint density at radius 1 is 1.11 bits per heavy atom. The number of anilines is 1. The minimum Gasteiger partial charge on any atom is -0.326 e. The molecule has 0 aliphatic carbocycles. The van der Waals surface area contributed by atoms with Crippen LogP contribution in [0.25, 0.3) is 0 Å². The fraction of sp³-hybridized carbons (Fsp3) is 0.154. The number of carbonyl (C=O) groups is 3. The first kappa shape index (κ1) is 24.6. The van der Waals surface area contributed by atoms with E-state index < -0.39 is 28.7 Å². The molecule has 0 spiro atoms. The van der Waals surface area contributed by atoms with Crippen molar-refractivity contribution in [2.75, 3.05) is 11.4 Å². The fourth-order valence-corrected chi connectivity index (χ4v) is 4.29. The summed E-state index contributed by atoms with van der Waals surface area (Å²) in [5.41, 5.74) is 1.26. The van der Waals surface area contributed by atoms with E-state index in [9.17, 15) is 24.5 Å². The number of nitriles is 1. The number of halogens is 1. The highest BCUT2D eigenvalue weighted by atomic mass is 35.5. The van der Waals surface area contributed by atoms with Gasteiger partial charge in [0.25, 0.3) is 17.5 Å². The molecule has 1 atom stereocenters. The minimum atomic E-state index is -1.10. The van der Waals surface area contributed by atoms with E-state index >= 15 is 0 Å². The van der Waals surface area contributed by atoms with Gasteiger partial charge in [-0.3, -0.25) is 24.5 Å². The lowest BCUT2D eigenvalue weighted by atomic mass is 10.1. The van der Waals surface area contributed by atoms with Gasteiger partial charge in [-0.1, -0.05) is 29.8 Å². The molecule has 180 valence electrons. The lowest BCUT2D eigenvalue weighted by Crippen LogP contribution is -2.46. The summed E-state index contributed by atoms with van der Waals surface area (Å²) in [5, 5.41) is 20.8. The fourth-order valence-electron chi connectivity index (χ4n) is 4.07. The number of hydrogen-bond donors (Lipinski definition) is 0. The van der Waals surface area contributed by atoms with Crippen LogP contribution in [-0.4, -0.2) is 40.1 Å². The molecule has 1 unspecified atom stereocenters. The van der Waals surface area contributed by atoms with Crippen molar-refractivity contribution in [2.45, 2.75) is 18.9 Å². The minimum absolute atomic E-state index is 0.0346. The van der Waals surface area contributed by atoms with Crippen molar-refractivity contribution in [2.24, 2.45) is 0 Å². The summed E-state index contributed by atoms with van der Waals surface area (Å²) in [4.78, 5) is 52.7. The molecule has 3 aromatic rings. The quantitative estimate of drug-likeness (QED) is 0.271. The van der Waals surface area contributed by atoms with Crippen molar-refractivity contribution in [3.63, 3.8) is 0 Å². The Labute approximate surface area is 211 Å². The smallest absolute Gasteiger partial charge is 0.270 e. The predicted octanol–water partition coefficient (Wildman–Crippen LogP) is 4.14. The monoisotopic (exact) mass is 502 g/mol. The zero-order chi connectivity index (χ0) is 25.8. The molecule has 1 heterocycles. The summed E-state index contributed by atoms with van der Waals surface area (Å²) in [6.07, 6.45) is 0.102. The maximum Gasteiger partial charge on any atom is 0.270 e. The molecular formula is C26H19ClN4O5. The summed E-state index contributed by atoms with van der Waals surface area (Å²) >= 11 is 6.07. The van der Waals surface area contributed by atoms with Crippen molar-refractivity contribution >= 4 is 40.7 Å². The summed E-state index contributed by atoms with van der Waals surface area (Å²) in [5.74, 6) is -1.68. The Morgan fingerprint density at radius 2 is 1.83 bits per heavy atom. The van der Waals surface area contributed by atoms with Crippen LogP contribution in [0.5, 0.6) is 0 Å². The van der Waals surface area contributed by atoms with E-state index in [1.807, 2.05) is 12.1 Å². The van der Waals surface area contributed by atoms with Crippen molar-refractivity contribution in [1.29, 1.82) is 5.26 Å². The van der Waals surface area contributed by atoms with Gasteiger partial charge in [0.1, 0.15) is 6.04 Å². The molecule has 3 amide bonds. The molecule has 1 aliphatic heterocycles. The zero-order valence-electron chi connectivity index (χ0n) is 18.8. The Hall–Kier alpha value is -4.55. The normalized spacial score (nSPS) is 15.0. The largest absolute Gasteiger partial charge is 0.326 e. The average Bonchev–Trinajstić information content (AvgIpc) is 3.17. The van der Waals surface area contributed by atoms with Gasteiger partial charge in [0.2, 0.25) is 5.91 Å². The predicted molar refractivity (Wildman–Crippen MR) is 131 cm³/mol. The molecule has 36 heavy (non-hydrogen) atoms. The van der Waals surface area contributed by atoms with Crippen molar-refractivity contribution in [3.05, 3.63) is 105 Å². The number of nitrogens with zero attached hydrogens (tertiary/aromatic N) is 4. The molecule has 0 saturated carbocycles. The van der Waals surface area contributed by atoms with Crippen LogP contribution in [0.3, 0.4) is 0 Å². The standard InChI is InChI=1S/C26H19ClN4O5/c27-20-5-1-3-17(13-20)11-12-29(25(33)19-4-2-6-22(14-19)31(35)36)23-15-24(32)30(26(23)34)21-9-7-18(16-28)8-10-21/h1-10,13-14,23H,11-12,15H2. The molecule has 1 fully saturated rings. The molecule has 0 bridgehead atoms. The van der Waals surface area contributed by atoms with Crippen LogP contribution >= 0.6 is 11.6 Å². The van der Waals surface area contributed by atoms with Crippen LogP contribution in [0.1, 0.15) is 27.9 Å². The third kappa shape index (κ3) is 5.09. The summed E-state index contributed by atoms with van der Waals surface area (Å²) in [7, 11) is 0. The molecule has 0 aromatic heterocycles. The van der Waals surface area contributed by atoms with Crippen molar-refractivity contribution in [3.8, 4) is 6.07 Å². The van der Waals surface area contributed by atoms with E-state index in [0.29, 0.717) is 22.7 Å². The van der Waals surface area contributed by atoms with E-state index in [2.05, 4.69) is 0 Å². The molecular weight excluding hydrogens is 484 g/mol.